The number of nitrogens with one attached hydrogen (secondary N) is 2. The lowest BCUT2D eigenvalue weighted by molar-refractivity contribution is -0.118. The highest BCUT2D eigenvalue weighted by molar-refractivity contribution is 7.14. The van der Waals surface area contributed by atoms with E-state index in [-0.39, 0.29) is 17.6 Å². The molecule has 2 heterocycles. The quantitative estimate of drug-likeness (QED) is 0.613. The highest BCUT2D eigenvalue weighted by Gasteiger charge is 2.15. The smallest absolute Gasteiger partial charge is 0.255 e. The molecule has 0 saturated carbocycles. The van der Waals surface area contributed by atoms with E-state index < -0.39 is 0 Å². The molecule has 2 aromatic carbocycles. The number of morpholine rings is 1. The molecule has 2 amide bonds. The van der Waals surface area contributed by atoms with E-state index in [0.29, 0.717) is 36.1 Å². The molecule has 160 valence electrons. The molecule has 0 unspecified atom stereocenters. The summed E-state index contributed by atoms with van der Waals surface area (Å²) >= 11 is 1.36. The summed E-state index contributed by atoms with van der Waals surface area (Å²) in [6.07, 6.45) is 0. The van der Waals surface area contributed by atoms with Gasteiger partial charge in [0, 0.05) is 35.3 Å². The van der Waals surface area contributed by atoms with E-state index in [4.69, 9.17) is 4.74 Å². The van der Waals surface area contributed by atoms with E-state index in [1.54, 1.807) is 12.1 Å². The minimum atomic E-state index is -0.388. The van der Waals surface area contributed by atoms with Gasteiger partial charge < -0.3 is 15.4 Å². The van der Waals surface area contributed by atoms with E-state index in [1.807, 2.05) is 22.4 Å². The van der Waals surface area contributed by atoms with Gasteiger partial charge in [0.15, 0.2) is 5.13 Å². The number of carbonyl (C=O) groups is 2. The van der Waals surface area contributed by atoms with Crippen LogP contribution in [0.5, 0.6) is 0 Å². The van der Waals surface area contributed by atoms with Crippen molar-refractivity contribution in [2.24, 2.45) is 0 Å². The van der Waals surface area contributed by atoms with Crippen LogP contribution in [0.2, 0.25) is 0 Å². The number of carbonyl (C=O) groups excluding carboxylic acids is 2. The molecule has 7 nitrogen and oxygen atoms in total. The zero-order chi connectivity index (χ0) is 21.6. The second kappa shape index (κ2) is 9.78. The number of anilines is 2. The number of amides is 2. The first-order valence-electron chi connectivity index (χ1n) is 9.80. The fourth-order valence-electron chi connectivity index (χ4n) is 3.11. The standard InChI is InChI=1S/C22H21FN4O3S/c23-17-5-1-16(2-6-17)21(29)24-18-7-3-15(4-8-18)19-14-31-22(25-19)26-20(28)13-27-9-11-30-12-10-27/h1-8,14H,9-13H2,(H,24,29)(H,25,26,28). The lowest BCUT2D eigenvalue weighted by Gasteiger charge is -2.25. The summed E-state index contributed by atoms with van der Waals surface area (Å²) in [6, 6.07) is 12.6. The maximum Gasteiger partial charge on any atom is 0.255 e. The van der Waals surface area contributed by atoms with Crippen molar-refractivity contribution in [2.45, 2.75) is 0 Å². The second-order valence-corrected chi connectivity index (χ2v) is 7.87. The molecule has 1 aliphatic heterocycles. The van der Waals surface area contributed by atoms with Crippen molar-refractivity contribution in [1.82, 2.24) is 9.88 Å². The number of thiazole rings is 1. The van der Waals surface area contributed by atoms with Crippen LogP contribution >= 0.6 is 11.3 Å². The van der Waals surface area contributed by atoms with Gasteiger partial charge in [-0.2, -0.15) is 0 Å². The van der Waals surface area contributed by atoms with E-state index in [9.17, 15) is 14.0 Å². The number of ether oxygens (including phenoxy) is 1. The molecule has 1 fully saturated rings. The number of aromatic nitrogens is 1. The average Bonchev–Trinajstić information content (AvgIpc) is 3.23. The topological polar surface area (TPSA) is 83.6 Å². The predicted octanol–water partition coefficient (Wildman–Crippen LogP) is 3.47. The molecule has 0 spiro atoms. The maximum absolute atomic E-state index is 13.0. The Bertz CT molecular complexity index is 1050. The average molecular weight is 441 g/mol. The third kappa shape index (κ3) is 5.72. The predicted molar refractivity (Wildman–Crippen MR) is 118 cm³/mol. The highest BCUT2D eigenvalue weighted by Crippen LogP contribution is 2.26. The first-order chi connectivity index (χ1) is 15.1. The molecular formula is C22H21FN4O3S. The Kier molecular flexibility index (Phi) is 6.66. The first kappa shape index (κ1) is 21.1. The molecule has 1 aliphatic rings. The molecule has 3 aromatic rings. The van der Waals surface area contributed by atoms with Gasteiger partial charge in [-0.1, -0.05) is 12.1 Å². The molecule has 31 heavy (non-hydrogen) atoms. The first-order valence-corrected chi connectivity index (χ1v) is 10.7. The summed E-state index contributed by atoms with van der Waals surface area (Å²) in [5, 5.41) is 8.03. The zero-order valence-electron chi connectivity index (χ0n) is 16.6. The summed E-state index contributed by atoms with van der Waals surface area (Å²) in [7, 11) is 0. The Balaban J connectivity index is 1.33. The highest BCUT2D eigenvalue weighted by atomic mass is 32.1. The number of nitrogens with zero attached hydrogens (tertiary/aromatic N) is 2. The van der Waals surface area contributed by atoms with Crippen LogP contribution in [0.15, 0.2) is 53.9 Å². The van der Waals surface area contributed by atoms with Gasteiger partial charge in [0.05, 0.1) is 25.5 Å². The Morgan fingerprint density at radius 2 is 1.74 bits per heavy atom. The Labute approximate surface area is 182 Å². The minimum Gasteiger partial charge on any atom is -0.379 e. The van der Waals surface area contributed by atoms with Crippen LogP contribution in [0.3, 0.4) is 0 Å². The van der Waals surface area contributed by atoms with Gasteiger partial charge in [-0.3, -0.25) is 14.5 Å². The summed E-state index contributed by atoms with van der Waals surface area (Å²) in [4.78, 5) is 31.0. The fourth-order valence-corrected chi connectivity index (χ4v) is 3.85. The number of halogens is 1. The fraction of sp³-hybridized carbons (Fsp3) is 0.227. The van der Waals surface area contributed by atoms with Crippen LogP contribution in [0.25, 0.3) is 11.3 Å². The lowest BCUT2D eigenvalue weighted by atomic mass is 10.1. The van der Waals surface area contributed by atoms with Crippen molar-refractivity contribution < 1.29 is 18.7 Å². The second-order valence-electron chi connectivity index (χ2n) is 7.01. The van der Waals surface area contributed by atoms with Gasteiger partial charge in [0.2, 0.25) is 5.91 Å². The van der Waals surface area contributed by atoms with Crippen LogP contribution in [-0.4, -0.2) is 54.5 Å². The number of benzene rings is 2. The van der Waals surface area contributed by atoms with Gasteiger partial charge >= 0.3 is 0 Å². The molecule has 9 heteroatoms. The molecule has 0 aliphatic carbocycles. The van der Waals surface area contributed by atoms with E-state index in [1.165, 1.54) is 35.6 Å². The van der Waals surface area contributed by atoms with Crippen LogP contribution in [0.4, 0.5) is 15.2 Å². The summed E-state index contributed by atoms with van der Waals surface area (Å²) in [6.45, 7) is 3.12. The molecule has 2 N–H and O–H groups in total. The molecular weight excluding hydrogens is 419 g/mol. The molecule has 4 rings (SSSR count). The van der Waals surface area contributed by atoms with Crippen molar-refractivity contribution in [3.05, 3.63) is 65.3 Å². The van der Waals surface area contributed by atoms with Gasteiger partial charge in [-0.25, -0.2) is 9.37 Å². The van der Waals surface area contributed by atoms with Gasteiger partial charge in [-0.05, 0) is 36.4 Å². The largest absolute Gasteiger partial charge is 0.379 e. The molecule has 1 aromatic heterocycles. The maximum atomic E-state index is 13.0. The van der Waals surface area contributed by atoms with Crippen LogP contribution < -0.4 is 10.6 Å². The third-order valence-electron chi connectivity index (χ3n) is 4.77. The SMILES string of the molecule is O=C(CN1CCOCC1)Nc1nc(-c2ccc(NC(=O)c3ccc(F)cc3)cc2)cs1. The Morgan fingerprint density at radius 1 is 1.03 bits per heavy atom. The molecule has 1 saturated heterocycles. The van der Waals surface area contributed by atoms with Crippen LogP contribution in [-0.2, 0) is 9.53 Å². The zero-order valence-corrected chi connectivity index (χ0v) is 17.5. The third-order valence-corrected chi connectivity index (χ3v) is 5.52. The Morgan fingerprint density at radius 3 is 2.45 bits per heavy atom. The minimum absolute atomic E-state index is 0.0957. The van der Waals surface area contributed by atoms with Crippen molar-refractivity contribution in [3.63, 3.8) is 0 Å². The van der Waals surface area contributed by atoms with Crippen molar-refractivity contribution >= 4 is 34.0 Å². The molecule has 0 atom stereocenters. The summed E-state index contributed by atoms with van der Waals surface area (Å²) in [5.41, 5.74) is 2.60. The van der Waals surface area contributed by atoms with Gasteiger partial charge in [0.1, 0.15) is 5.82 Å². The van der Waals surface area contributed by atoms with Crippen molar-refractivity contribution in [2.75, 3.05) is 43.5 Å². The normalized spacial score (nSPS) is 14.2. The number of rotatable bonds is 6. The molecule has 0 radical (unpaired) electrons. The van der Waals surface area contributed by atoms with Gasteiger partial charge in [-0.15, -0.1) is 11.3 Å². The number of hydrogen-bond donors (Lipinski definition) is 2. The lowest BCUT2D eigenvalue weighted by Crippen LogP contribution is -2.41. The monoisotopic (exact) mass is 440 g/mol. The molecule has 0 bridgehead atoms. The van der Waals surface area contributed by atoms with E-state index in [0.717, 1.165) is 24.3 Å². The van der Waals surface area contributed by atoms with Crippen LogP contribution in [0, 0.1) is 5.82 Å². The summed E-state index contributed by atoms with van der Waals surface area (Å²) < 4.78 is 18.3. The van der Waals surface area contributed by atoms with Crippen LogP contribution in [0.1, 0.15) is 10.4 Å². The van der Waals surface area contributed by atoms with E-state index in [2.05, 4.69) is 15.6 Å². The van der Waals surface area contributed by atoms with Crippen molar-refractivity contribution in [3.8, 4) is 11.3 Å². The van der Waals surface area contributed by atoms with E-state index >= 15 is 0 Å². The summed E-state index contributed by atoms with van der Waals surface area (Å²) in [5.74, 6) is -0.797. The Hall–Kier alpha value is -3.14. The number of hydrogen-bond acceptors (Lipinski definition) is 6. The van der Waals surface area contributed by atoms with Gasteiger partial charge in [0.25, 0.3) is 5.91 Å². The van der Waals surface area contributed by atoms with Crippen molar-refractivity contribution in [1.29, 1.82) is 0 Å².